The van der Waals surface area contributed by atoms with Gasteiger partial charge in [0.15, 0.2) is 5.11 Å². The Hall–Kier alpha value is -2.34. The van der Waals surface area contributed by atoms with E-state index in [9.17, 15) is 0 Å². The minimum atomic E-state index is 0.659. The SMILES string of the molecule is Cc1cc(C)c(NC(=S)N(CCCN(CC(C)C)CC(C)C)Cc2cccn2Cc2ccc(Cl)cc2)c(C)c1. The summed E-state index contributed by atoms with van der Waals surface area (Å²) in [4.78, 5) is 4.95. The molecule has 3 aromatic rings. The number of hydrogen-bond acceptors (Lipinski definition) is 2. The van der Waals surface area contributed by atoms with Gasteiger partial charge < -0.3 is 19.7 Å². The van der Waals surface area contributed by atoms with Crippen molar-refractivity contribution < 1.29 is 0 Å². The molecule has 3 rings (SSSR count). The van der Waals surface area contributed by atoms with E-state index in [4.69, 9.17) is 23.8 Å². The molecule has 4 nitrogen and oxygen atoms in total. The second-order valence-corrected chi connectivity index (χ2v) is 12.6. The van der Waals surface area contributed by atoms with Crippen LogP contribution in [-0.4, -0.2) is 45.7 Å². The van der Waals surface area contributed by atoms with Gasteiger partial charge in [-0.2, -0.15) is 0 Å². The summed E-state index contributed by atoms with van der Waals surface area (Å²) in [6.45, 7) is 21.5. The average Bonchev–Trinajstić information content (AvgIpc) is 3.27. The van der Waals surface area contributed by atoms with E-state index in [1.165, 1.54) is 27.9 Å². The fourth-order valence-electron chi connectivity index (χ4n) is 5.32. The molecule has 0 aliphatic heterocycles. The van der Waals surface area contributed by atoms with Crippen LogP contribution in [0, 0.1) is 32.6 Å². The first-order valence-corrected chi connectivity index (χ1v) is 15.0. The molecule has 0 amide bonds. The van der Waals surface area contributed by atoms with Gasteiger partial charge in [0.1, 0.15) is 0 Å². The molecule has 0 fully saturated rings. The molecule has 1 heterocycles. The number of aryl methyl sites for hydroxylation is 3. The van der Waals surface area contributed by atoms with Crippen LogP contribution >= 0.6 is 23.8 Å². The van der Waals surface area contributed by atoms with E-state index in [-0.39, 0.29) is 0 Å². The van der Waals surface area contributed by atoms with Gasteiger partial charge in [0.25, 0.3) is 0 Å². The minimum Gasteiger partial charge on any atom is -0.345 e. The largest absolute Gasteiger partial charge is 0.345 e. The van der Waals surface area contributed by atoms with Gasteiger partial charge in [-0.25, -0.2) is 0 Å². The van der Waals surface area contributed by atoms with Crippen molar-refractivity contribution in [1.82, 2.24) is 14.4 Å². The smallest absolute Gasteiger partial charge is 0.173 e. The molecule has 0 aliphatic carbocycles. The Kier molecular flexibility index (Phi) is 11.9. The van der Waals surface area contributed by atoms with E-state index < -0.39 is 0 Å². The quantitative estimate of drug-likeness (QED) is 0.210. The second-order valence-electron chi connectivity index (χ2n) is 11.8. The van der Waals surface area contributed by atoms with E-state index in [1.807, 2.05) is 12.1 Å². The maximum atomic E-state index is 6.11. The van der Waals surface area contributed by atoms with Gasteiger partial charge in [0.2, 0.25) is 0 Å². The van der Waals surface area contributed by atoms with Crippen LogP contribution < -0.4 is 5.32 Å². The summed E-state index contributed by atoms with van der Waals surface area (Å²) in [6, 6.07) is 16.9. The number of aromatic nitrogens is 1. The number of nitrogens with one attached hydrogen (secondary N) is 1. The fraction of sp³-hybridized carbons (Fsp3) is 0.485. The van der Waals surface area contributed by atoms with Crippen LogP contribution in [0.4, 0.5) is 5.69 Å². The third-order valence-corrected chi connectivity index (χ3v) is 7.50. The van der Waals surface area contributed by atoms with Crippen LogP contribution in [0.1, 0.15) is 62.1 Å². The summed E-state index contributed by atoms with van der Waals surface area (Å²) in [5, 5.41) is 5.16. The van der Waals surface area contributed by atoms with E-state index in [0.717, 1.165) is 61.5 Å². The van der Waals surface area contributed by atoms with Crippen LogP contribution in [-0.2, 0) is 13.1 Å². The molecule has 0 unspecified atom stereocenters. The highest BCUT2D eigenvalue weighted by atomic mass is 35.5. The lowest BCUT2D eigenvalue weighted by molar-refractivity contribution is 0.209. The monoisotopic (exact) mass is 566 g/mol. The molecular weight excluding hydrogens is 520 g/mol. The third kappa shape index (κ3) is 9.97. The van der Waals surface area contributed by atoms with E-state index in [2.05, 4.69) is 111 Å². The Bertz CT molecular complexity index is 1170. The Balaban J connectivity index is 1.78. The van der Waals surface area contributed by atoms with Crippen LogP contribution in [0.2, 0.25) is 5.02 Å². The zero-order valence-corrected chi connectivity index (χ0v) is 26.5. The molecular formula is C33H47ClN4S. The number of thiocarbonyl (C=S) groups is 1. The molecule has 0 atom stereocenters. The van der Waals surface area contributed by atoms with Crippen molar-refractivity contribution in [1.29, 1.82) is 0 Å². The lowest BCUT2D eigenvalue weighted by atomic mass is 10.1. The summed E-state index contributed by atoms with van der Waals surface area (Å²) in [6.07, 6.45) is 3.21. The fourth-order valence-corrected chi connectivity index (χ4v) is 5.70. The van der Waals surface area contributed by atoms with Gasteiger partial charge >= 0.3 is 0 Å². The molecule has 0 saturated heterocycles. The zero-order chi connectivity index (χ0) is 28.5. The zero-order valence-electron chi connectivity index (χ0n) is 24.9. The van der Waals surface area contributed by atoms with Crippen LogP contribution in [0.25, 0.3) is 0 Å². The van der Waals surface area contributed by atoms with Crippen molar-refractivity contribution >= 4 is 34.6 Å². The van der Waals surface area contributed by atoms with Crippen LogP contribution in [0.5, 0.6) is 0 Å². The number of nitrogens with zero attached hydrogens (tertiary/aromatic N) is 3. The number of hydrogen-bond donors (Lipinski definition) is 1. The molecule has 1 N–H and O–H groups in total. The second kappa shape index (κ2) is 14.9. The maximum absolute atomic E-state index is 6.11. The molecule has 0 spiro atoms. The summed E-state index contributed by atoms with van der Waals surface area (Å²) in [5.74, 6) is 1.32. The molecule has 0 radical (unpaired) electrons. The van der Waals surface area contributed by atoms with Crippen molar-refractivity contribution in [2.75, 3.05) is 31.5 Å². The summed E-state index contributed by atoms with van der Waals surface area (Å²) < 4.78 is 2.31. The van der Waals surface area contributed by atoms with Crippen molar-refractivity contribution in [2.24, 2.45) is 11.8 Å². The van der Waals surface area contributed by atoms with Crippen molar-refractivity contribution in [3.05, 3.63) is 87.7 Å². The molecule has 2 aromatic carbocycles. The van der Waals surface area contributed by atoms with Crippen LogP contribution in [0.3, 0.4) is 0 Å². The lowest BCUT2D eigenvalue weighted by Gasteiger charge is -2.30. The molecule has 6 heteroatoms. The molecule has 0 saturated carbocycles. The number of rotatable bonds is 13. The maximum Gasteiger partial charge on any atom is 0.173 e. The Morgan fingerprint density at radius 3 is 2.13 bits per heavy atom. The molecule has 39 heavy (non-hydrogen) atoms. The Labute approximate surface area is 247 Å². The van der Waals surface area contributed by atoms with E-state index in [1.54, 1.807) is 0 Å². The van der Waals surface area contributed by atoms with Gasteiger partial charge in [-0.05, 0) is 98.7 Å². The molecule has 1 aromatic heterocycles. The summed E-state index contributed by atoms with van der Waals surface area (Å²) in [5.41, 5.74) is 7.31. The average molecular weight is 567 g/mol. The predicted octanol–water partition coefficient (Wildman–Crippen LogP) is 8.32. The van der Waals surface area contributed by atoms with Gasteiger partial charge in [-0.3, -0.25) is 0 Å². The molecule has 0 bridgehead atoms. The van der Waals surface area contributed by atoms with Crippen molar-refractivity contribution in [3.8, 4) is 0 Å². The Morgan fingerprint density at radius 1 is 0.923 bits per heavy atom. The highest BCUT2D eigenvalue weighted by molar-refractivity contribution is 7.80. The summed E-state index contributed by atoms with van der Waals surface area (Å²) >= 11 is 12.2. The number of benzene rings is 2. The summed E-state index contributed by atoms with van der Waals surface area (Å²) in [7, 11) is 0. The predicted molar refractivity (Wildman–Crippen MR) is 173 cm³/mol. The standard InChI is InChI=1S/C33H47ClN4S/c1-24(2)20-36(21-25(3)4)15-9-17-38(33(39)35-32-27(6)18-26(5)19-28(32)7)23-31-10-8-16-37(31)22-29-11-13-30(34)14-12-29/h8,10-14,16,18-19,24-25H,9,15,17,20-23H2,1-7H3,(H,35,39). The molecule has 0 aliphatic rings. The first kappa shape index (κ1) is 31.2. The third-order valence-electron chi connectivity index (χ3n) is 6.89. The van der Waals surface area contributed by atoms with Gasteiger partial charge in [-0.1, -0.05) is 69.1 Å². The van der Waals surface area contributed by atoms with Gasteiger partial charge in [0, 0.05) is 48.8 Å². The lowest BCUT2D eigenvalue weighted by Crippen LogP contribution is -2.38. The van der Waals surface area contributed by atoms with Gasteiger partial charge in [-0.15, -0.1) is 0 Å². The Morgan fingerprint density at radius 2 is 1.54 bits per heavy atom. The highest BCUT2D eigenvalue weighted by Crippen LogP contribution is 2.23. The first-order chi connectivity index (χ1) is 18.5. The number of anilines is 1. The number of halogens is 1. The van der Waals surface area contributed by atoms with E-state index in [0.29, 0.717) is 11.8 Å². The normalized spacial score (nSPS) is 11.6. The molecule has 212 valence electrons. The topological polar surface area (TPSA) is 23.4 Å². The van der Waals surface area contributed by atoms with Crippen LogP contribution in [0.15, 0.2) is 54.7 Å². The van der Waals surface area contributed by atoms with E-state index >= 15 is 0 Å². The first-order valence-electron chi connectivity index (χ1n) is 14.3. The highest BCUT2D eigenvalue weighted by Gasteiger charge is 2.17. The van der Waals surface area contributed by atoms with Gasteiger partial charge in [0.05, 0.1) is 6.54 Å². The van der Waals surface area contributed by atoms with Crippen molar-refractivity contribution in [3.63, 3.8) is 0 Å². The minimum absolute atomic E-state index is 0.659. The van der Waals surface area contributed by atoms with Crippen molar-refractivity contribution in [2.45, 2.75) is 68.0 Å².